The van der Waals surface area contributed by atoms with E-state index in [2.05, 4.69) is 10.3 Å². The van der Waals surface area contributed by atoms with Crippen LogP contribution in [0.5, 0.6) is 0 Å². The van der Waals surface area contributed by atoms with Crippen molar-refractivity contribution < 1.29 is 13.9 Å². The van der Waals surface area contributed by atoms with Crippen LogP contribution in [0.3, 0.4) is 0 Å². The second-order valence-corrected chi connectivity index (χ2v) is 6.77. The number of fused-ring (bicyclic) bond motifs is 1. The molecule has 0 bridgehead atoms. The van der Waals surface area contributed by atoms with Gasteiger partial charge in [-0.25, -0.2) is 9.37 Å². The van der Waals surface area contributed by atoms with E-state index in [1.54, 1.807) is 16.5 Å². The average Bonchev–Trinajstić information content (AvgIpc) is 3.06. The topological polar surface area (TPSA) is 55.6 Å². The van der Waals surface area contributed by atoms with Crippen LogP contribution in [0.4, 0.5) is 10.2 Å². The zero-order chi connectivity index (χ0) is 20.2. The summed E-state index contributed by atoms with van der Waals surface area (Å²) in [4.78, 5) is 17.2. The first kappa shape index (κ1) is 18.8. The standard InChI is InChI=1S/C23H20FN3O2/c1-16-11-12-27-20(13-16)25-22(18-7-9-19(24)10-8-18)23(27)26-21(28)15-29-14-17-5-3-2-4-6-17/h2-13H,14-15H2,1H3,(H,26,28). The molecule has 2 heterocycles. The summed E-state index contributed by atoms with van der Waals surface area (Å²) in [6.07, 6.45) is 1.85. The highest BCUT2D eigenvalue weighted by molar-refractivity contribution is 5.95. The van der Waals surface area contributed by atoms with Gasteiger partial charge < -0.3 is 10.1 Å². The molecule has 1 amide bonds. The van der Waals surface area contributed by atoms with Crippen molar-refractivity contribution in [3.8, 4) is 11.3 Å². The van der Waals surface area contributed by atoms with Crippen LogP contribution in [-0.4, -0.2) is 21.9 Å². The van der Waals surface area contributed by atoms with Gasteiger partial charge in [-0.2, -0.15) is 0 Å². The molecule has 0 spiro atoms. The molecule has 0 saturated heterocycles. The van der Waals surface area contributed by atoms with Crippen molar-refractivity contribution in [2.45, 2.75) is 13.5 Å². The van der Waals surface area contributed by atoms with Crippen molar-refractivity contribution >= 4 is 17.4 Å². The summed E-state index contributed by atoms with van der Waals surface area (Å²) in [6.45, 7) is 2.24. The molecule has 2 aromatic carbocycles. The van der Waals surface area contributed by atoms with Crippen molar-refractivity contribution in [2.24, 2.45) is 0 Å². The highest BCUT2D eigenvalue weighted by atomic mass is 19.1. The fraction of sp³-hybridized carbons (Fsp3) is 0.130. The molecular formula is C23H20FN3O2. The van der Waals surface area contributed by atoms with Gasteiger partial charge in [-0.15, -0.1) is 0 Å². The number of nitrogens with one attached hydrogen (secondary N) is 1. The van der Waals surface area contributed by atoms with Crippen LogP contribution in [0, 0.1) is 12.7 Å². The summed E-state index contributed by atoms with van der Waals surface area (Å²) >= 11 is 0. The van der Waals surface area contributed by atoms with Crippen LogP contribution in [0.2, 0.25) is 0 Å². The van der Waals surface area contributed by atoms with Crippen LogP contribution >= 0.6 is 0 Å². The normalized spacial score (nSPS) is 11.0. The molecule has 2 aromatic heterocycles. The van der Waals surface area contributed by atoms with E-state index in [-0.39, 0.29) is 18.3 Å². The number of rotatable bonds is 6. The Morgan fingerprint density at radius 3 is 2.62 bits per heavy atom. The molecular weight excluding hydrogens is 369 g/mol. The van der Waals surface area contributed by atoms with Gasteiger partial charge in [0.15, 0.2) is 0 Å². The monoisotopic (exact) mass is 389 g/mol. The van der Waals surface area contributed by atoms with E-state index in [4.69, 9.17) is 4.74 Å². The van der Waals surface area contributed by atoms with Gasteiger partial charge in [0.1, 0.15) is 29.6 Å². The molecule has 4 rings (SSSR count). The van der Waals surface area contributed by atoms with Crippen molar-refractivity contribution in [1.29, 1.82) is 0 Å². The summed E-state index contributed by atoms with van der Waals surface area (Å²) in [5.41, 5.74) is 4.04. The molecule has 0 aliphatic carbocycles. The van der Waals surface area contributed by atoms with Gasteiger partial charge in [0.25, 0.3) is 5.91 Å². The van der Waals surface area contributed by atoms with Gasteiger partial charge in [-0.1, -0.05) is 30.3 Å². The van der Waals surface area contributed by atoms with E-state index in [1.165, 1.54) is 12.1 Å². The fourth-order valence-corrected chi connectivity index (χ4v) is 3.08. The number of carbonyl (C=O) groups is 1. The zero-order valence-corrected chi connectivity index (χ0v) is 15.9. The molecule has 6 heteroatoms. The van der Waals surface area contributed by atoms with Gasteiger partial charge in [0.05, 0.1) is 6.61 Å². The maximum atomic E-state index is 13.3. The molecule has 0 fully saturated rings. The van der Waals surface area contributed by atoms with E-state index in [0.29, 0.717) is 29.3 Å². The number of hydrogen-bond acceptors (Lipinski definition) is 3. The third-order valence-corrected chi connectivity index (χ3v) is 4.50. The third-order valence-electron chi connectivity index (χ3n) is 4.50. The van der Waals surface area contributed by atoms with E-state index in [0.717, 1.165) is 11.1 Å². The Morgan fingerprint density at radius 1 is 1.10 bits per heavy atom. The first-order valence-electron chi connectivity index (χ1n) is 9.26. The second kappa shape index (κ2) is 8.24. The quantitative estimate of drug-likeness (QED) is 0.524. The molecule has 0 aliphatic heterocycles. The molecule has 146 valence electrons. The Morgan fingerprint density at radius 2 is 1.86 bits per heavy atom. The Kier molecular flexibility index (Phi) is 5.35. The number of halogens is 1. The van der Waals surface area contributed by atoms with Crippen LogP contribution in [0.1, 0.15) is 11.1 Å². The van der Waals surface area contributed by atoms with Crippen molar-refractivity contribution in [2.75, 3.05) is 11.9 Å². The van der Waals surface area contributed by atoms with Gasteiger partial charge in [0.2, 0.25) is 0 Å². The number of amides is 1. The van der Waals surface area contributed by atoms with Crippen LogP contribution in [0.25, 0.3) is 16.9 Å². The highest BCUT2D eigenvalue weighted by Crippen LogP contribution is 2.29. The fourth-order valence-electron chi connectivity index (χ4n) is 3.08. The van der Waals surface area contributed by atoms with Crippen molar-refractivity contribution in [1.82, 2.24) is 9.38 Å². The minimum atomic E-state index is -0.326. The molecule has 29 heavy (non-hydrogen) atoms. The van der Waals surface area contributed by atoms with Crippen LogP contribution in [-0.2, 0) is 16.1 Å². The highest BCUT2D eigenvalue weighted by Gasteiger charge is 2.17. The molecule has 0 atom stereocenters. The zero-order valence-electron chi connectivity index (χ0n) is 15.9. The molecule has 0 saturated carbocycles. The van der Waals surface area contributed by atoms with Gasteiger partial charge in [-0.05, 0) is 54.4 Å². The van der Waals surface area contributed by atoms with Crippen LogP contribution in [0.15, 0.2) is 72.9 Å². The Labute approximate surface area is 167 Å². The summed E-state index contributed by atoms with van der Waals surface area (Å²) in [5.74, 6) is -0.0835. The SMILES string of the molecule is Cc1ccn2c(NC(=O)COCc3ccccc3)c(-c3ccc(F)cc3)nc2c1. The molecule has 4 aromatic rings. The first-order chi connectivity index (χ1) is 14.1. The summed E-state index contributed by atoms with van der Waals surface area (Å²) < 4.78 is 20.7. The average molecular weight is 389 g/mol. The maximum absolute atomic E-state index is 13.3. The number of hydrogen-bond donors (Lipinski definition) is 1. The Bertz CT molecular complexity index is 1140. The van der Waals surface area contributed by atoms with E-state index in [9.17, 15) is 9.18 Å². The summed E-state index contributed by atoms with van der Waals surface area (Å²) in [7, 11) is 0. The minimum absolute atomic E-state index is 0.0865. The smallest absolute Gasteiger partial charge is 0.251 e. The predicted octanol–water partition coefficient (Wildman–Crippen LogP) is 4.60. The number of aryl methyl sites for hydroxylation is 1. The second-order valence-electron chi connectivity index (χ2n) is 6.77. The number of anilines is 1. The summed E-state index contributed by atoms with van der Waals surface area (Å²) in [6, 6.07) is 19.6. The molecule has 0 unspecified atom stereocenters. The molecule has 1 N–H and O–H groups in total. The van der Waals surface area contributed by atoms with E-state index in [1.807, 2.05) is 55.6 Å². The van der Waals surface area contributed by atoms with Crippen LogP contribution < -0.4 is 5.32 Å². The van der Waals surface area contributed by atoms with Gasteiger partial charge in [-0.3, -0.25) is 9.20 Å². The minimum Gasteiger partial charge on any atom is -0.367 e. The largest absolute Gasteiger partial charge is 0.367 e. The lowest BCUT2D eigenvalue weighted by Gasteiger charge is -2.09. The number of carbonyl (C=O) groups excluding carboxylic acids is 1. The molecule has 5 nitrogen and oxygen atoms in total. The number of imidazole rings is 1. The number of benzene rings is 2. The lowest BCUT2D eigenvalue weighted by atomic mass is 10.1. The van der Waals surface area contributed by atoms with E-state index < -0.39 is 0 Å². The summed E-state index contributed by atoms with van der Waals surface area (Å²) in [5, 5.41) is 2.90. The Balaban J connectivity index is 1.57. The predicted molar refractivity (Wildman–Crippen MR) is 110 cm³/mol. The van der Waals surface area contributed by atoms with E-state index >= 15 is 0 Å². The lowest BCUT2D eigenvalue weighted by molar-refractivity contribution is -0.121. The van der Waals surface area contributed by atoms with Crippen molar-refractivity contribution in [3.05, 3.63) is 89.9 Å². The van der Waals surface area contributed by atoms with Crippen molar-refractivity contribution in [3.63, 3.8) is 0 Å². The van der Waals surface area contributed by atoms with Gasteiger partial charge >= 0.3 is 0 Å². The first-order valence-corrected chi connectivity index (χ1v) is 9.26. The number of aromatic nitrogens is 2. The van der Waals surface area contributed by atoms with Gasteiger partial charge in [0, 0.05) is 11.8 Å². The third kappa shape index (κ3) is 4.33. The lowest BCUT2D eigenvalue weighted by Crippen LogP contribution is -2.19. The molecule has 0 radical (unpaired) electrons. The molecule has 0 aliphatic rings. The Hall–Kier alpha value is -3.51. The number of ether oxygens (including phenoxy) is 1. The number of nitrogens with zero attached hydrogens (tertiary/aromatic N) is 2. The number of pyridine rings is 1. The maximum Gasteiger partial charge on any atom is 0.251 e.